The van der Waals surface area contributed by atoms with Crippen LogP contribution in [0.25, 0.3) is 0 Å². The zero-order valence-corrected chi connectivity index (χ0v) is 11.8. The third-order valence-electron chi connectivity index (χ3n) is 3.78. The highest BCUT2D eigenvalue weighted by molar-refractivity contribution is 6.17. The van der Waals surface area contributed by atoms with E-state index in [0.717, 1.165) is 25.0 Å². The Morgan fingerprint density at radius 2 is 2.12 bits per heavy atom. The highest BCUT2D eigenvalue weighted by atomic mass is 16.2. The smallest absolute Gasteiger partial charge is 0.226 e. The minimum atomic E-state index is -0.255. The van der Waals surface area contributed by atoms with Crippen molar-refractivity contribution in [1.29, 1.82) is 0 Å². The van der Waals surface area contributed by atoms with Gasteiger partial charge in [-0.25, -0.2) is 0 Å². The Morgan fingerprint density at radius 1 is 1.53 bits per heavy atom. The fraction of sp³-hybridized carbons (Fsp3) is 0.786. The summed E-state index contributed by atoms with van der Waals surface area (Å²) in [6, 6.07) is 0.210. The first-order valence-electron chi connectivity index (χ1n) is 6.62. The molecule has 3 heteroatoms. The second kappa shape index (κ2) is 5.28. The van der Waals surface area contributed by atoms with Gasteiger partial charge in [-0.3, -0.25) is 4.79 Å². The van der Waals surface area contributed by atoms with E-state index < -0.39 is 0 Å². The molecular weight excluding hydrogens is 209 g/mol. The SMILES string of the molecule is [B]C1(C)CCCC(N(C(=O)CC)C(C)C)=C1C. The van der Waals surface area contributed by atoms with Gasteiger partial charge in [0.1, 0.15) is 0 Å². The molecule has 1 amide bonds. The van der Waals surface area contributed by atoms with Gasteiger partial charge < -0.3 is 4.90 Å². The van der Waals surface area contributed by atoms with Crippen molar-refractivity contribution < 1.29 is 4.79 Å². The standard InChI is InChI=1S/C14H24BNO/c1-6-13(17)16(10(2)3)12-8-7-9-14(5,15)11(12)4/h10H,6-9H2,1-5H3. The van der Waals surface area contributed by atoms with E-state index in [0.29, 0.717) is 6.42 Å². The Balaban J connectivity index is 3.14. The summed E-state index contributed by atoms with van der Waals surface area (Å²) >= 11 is 0. The normalized spacial score (nSPS) is 25.3. The molecule has 2 nitrogen and oxygen atoms in total. The van der Waals surface area contributed by atoms with Crippen molar-refractivity contribution in [3.8, 4) is 0 Å². The maximum Gasteiger partial charge on any atom is 0.226 e. The van der Waals surface area contributed by atoms with E-state index in [-0.39, 0.29) is 17.3 Å². The molecule has 0 saturated carbocycles. The molecular formula is C14H24BNO. The number of rotatable bonds is 3. The van der Waals surface area contributed by atoms with Gasteiger partial charge in [-0.2, -0.15) is 0 Å². The molecule has 2 radical (unpaired) electrons. The zero-order valence-electron chi connectivity index (χ0n) is 11.8. The lowest BCUT2D eigenvalue weighted by atomic mass is 9.60. The molecule has 0 heterocycles. The number of carbonyl (C=O) groups excluding carboxylic acids is 1. The fourth-order valence-corrected chi connectivity index (χ4v) is 2.55. The maximum atomic E-state index is 12.1. The Hall–Kier alpha value is -0.725. The summed E-state index contributed by atoms with van der Waals surface area (Å²) in [5.41, 5.74) is 2.34. The Bertz CT molecular complexity index is 331. The average Bonchev–Trinajstić information content (AvgIpc) is 2.23. The molecule has 0 fully saturated rings. The van der Waals surface area contributed by atoms with Crippen LogP contribution in [0.15, 0.2) is 11.3 Å². The lowest BCUT2D eigenvalue weighted by Gasteiger charge is -2.40. The molecule has 0 spiro atoms. The lowest BCUT2D eigenvalue weighted by Crippen LogP contribution is -2.38. The molecule has 1 aliphatic rings. The second-order valence-corrected chi connectivity index (χ2v) is 5.55. The van der Waals surface area contributed by atoms with Gasteiger partial charge in [0.15, 0.2) is 0 Å². The third-order valence-corrected chi connectivity index (χ3v) is 3.78. The van der Waals surface area contributed by atoms with Crippen LogP contribution in [0.2, 0.25) is 5.31 Å². The van der Waals surface area contributed by atoms with Gasteiger partial charge in [-0.05, 0) is 38.9 Å². The van der Waals surface area contributed by atoms with Gasteiger partial charge >= 0.3 is 0 Å². The van der Waals surface area contributed by atoms with Crippen LogP contribution in [-0.2, 0) is 4.79 Å². The van der Waals surface area contributed by atoms with E-state index in [9.17, 15) is 4.79 Å². The van der Waals surface area contributed by atoms with Gasteiger partial charge in [0.2, 0.25) is 5.91 Å². The molecule has 0 saturated heterocycles. The number of carbonyl (C=O) groups is 1. The molecule has 1 unspecified atom stereocenters. The van der Waals surface area contributed by atoms with Crippen molar-refractivity contribution in [2.24, 2.45) is 0 Å². The van der Waals surface area contributed by atoms with Gasteiger partial charge in [-0.1, -0.05) is 25.8 Å². The van der Waals surface area contributed by atoms with Crippen LogP contribution in [0.4, 0.5) is 0 Å². The minimum absolute atomic E-state index is 0.201. The van der Waals surface area contributed by atoms with Gasteiger partial charge in [-0.15, -0.1) is 0 Å². The number of hydrogen-bond acceptors (Lipinski definition) is 1. The highest BCUT2D eigenvalue weighted by Gasteiger charge is 2.31. The highest BCUT2D eigenvalue weighted by Crippen LogP contribution is 2.44. The van der Waals surface area contributed by atoms with Crippen LogP contribution in [0.1, 0.15) is 60.3 Å². The largest absolute Gasteiger partial charge is 0.314 e. The summed E-state index contributed by atoms with van der Waals surface area (Å²) in [6.45, 7) is 10.2. The predicted molar refractivity (Wildman–Crippen MR) is 72.9 cm³/mol. The first-order chi connectivity index (χ1) is 7.81. The molecule has 0 aromatic heterocycles. The summed E-state index contributed by atoms with van der Waals surface area (Å²) in [5.74, 6) is 0.201. The van der Waals surface area contributed by atoms with E-state index in [1.165, 1.54) is 5.57 Å². The summed E-state index contributed by atoms with van der Waals surface area (Å²) in [5, 5.41) is -0.255. The quantitative estimate of drug-likeness (QED) is 0.684. The van der Waals surface area contributed by atoms with Gasteiger partial charge in [0, 0.05) is 18.2 Å². The molecule has 94 valence electrons. The first kappa shape index (κ1) is 14.3. The molecule has 0 N–H and O–H groups in total. The topological polar surface area (TPSA) is 20.3 Å². The maximum absolute atomic E-state index is 12.1. The minimum Gasteiger partial charge on any atom is -0.314 e. The van der Waals surface area contributed by atoms with Crippen molar-refractivity contribution in [2.75, 3.05) is 0 Å². The van der Waals surface area contributed by atoms with Crippen molar-refractivity contribution in [2.45, 2.75) is 71.7 Å². The van der Waals surface area contributed by atoms with Crippen molar-refractivity contribution in [1.82, 2.24) is 4.90 Å². The van der Waals surface area contributed by atoms with Crippen LogP contribution in [-0.4, -0.2) is 24.7 Å². The fourth-order valence-electron chi connectivity index (χ4n) is 2.55. The number of nitrogens with zero attached hydrogens (tertiary/aromatic N) is 1. The zero-order chi connectivity index (χ0) is 13.2. The van der Waals surface area contributed by atoms with E-state index in [2.05, 4.69) is 27.7 Å². The Labute approximate surface area is 107 Å². The molecule has 1 rings (SSSR count). The molecule has 0 bridgehead atoms. The van der Waals surface area contributed by atoms with Crippen molar-refractivity contribution >= 4 is 13.8 Å². The summed E-state index contributed by atoms with van der Waals surface area (Å²) in [4.78, 5) is 14.0. The molecule has 17 heavy (non-hydrogen) atoms. The second-order valence-electron chi connectivity index (χ2n) is 5.55. The molecule has 0 aromatic rings. The van der Waals surface area contributed by atoms with E-state index >= 15 is 0 Å². The number of amides is 1. The average molecular weight is 233 g/mol. The van der Waals surface area contributed by atoms with Crippen LogP contribution < -0.4 is 0 Å². The van der Waals surface area contributed by atoms with Crippen LogP contribution in [0, 0.1) is 0 Å². The van der Waals surface area contributed by atoms with E-state index in [1.807, 2.05) is 11.8 Å². The molecule has 1 atom stereocenters. The molecule has 0 aliphatic heterocycles. The van der Waals surface area contributed by atoms with Crippen LogP contribution in [0.3, 0.4) is 0 Å². The van der Waals surface area contributed by atoms with E-state index in [4.69, 9.17) is 7.85 Å². The Morgan fingerprint density at radius 3 is 2.59 bits per heavy atom. The van der Waals surface area contributed by atoms with Crippen LogP contribution >= 0.6 is 0 Å². The van der Waals surface area contributed by atoms with Crippen molar-refractivity contribution in [3.05, 3.63) is 11.3 Å². The van der Waals surface area contributed by atoms with Crippen LogP contribution in [0.5, 0.6) is 0 Å². The lowest BCUT2D eigenvalue weighted by molar-refractivity contribution is -0.130. The van der Waals surface area contributed by atoms with Crippen molar-refractivity contribution in [3.63, 3.8) is 0 Å². The van der Waals surface area contributed by atoms with E-state index in [1.54, 1.807) is 0 Å². The summed E-state index contributed by atoms with van der Waals surface area (Å²) in [6.07, 6.45) is 3.60. The van der Waals surface area contributed by atoms with Gasteiger partial charge in [0.05, 0.1) is 7.85 Å². The summed E-state index contributed by atoms with van der Waals surface area (Å²) < 4.78 is 0. The summed E-state index contributed by atoms with van der Waals surface area (Å²) in [7, 11) is 6.30. The Kier molecular flexibility index (Phi) is 4.45. The first-order valence-corrected chi connectivity index (χ1v) is 6.62. The molecule has 0 aromatic carbocycles. The monoisotopic (exact) mass is 233 g/mol. The van der Waals surface area contributed by atoms with Gasteiger partial charge in [0.25, 0.3) is 0 Å². The molecule has 1 aliphatic carbocycles. The predicted octanol–water partition coefficient (Wildman–Crippen LogP) is 3.44. The number of allylic oxidation sites excluding steroid dienone is 2. The number of hydrogen-bond donors (Lipinski definition) is 0. The third kappa shape index (κ3) is 2.94.